The fraction of sp³-hybridized carbons (Fsp3) is 0.786. The van der Waals surface area contributed by atoms with Crippen molar-refractivity contribution in [2.45, 2.75) is 63.2 Å². The Hall–Kier alpha value is -0.840. The predicted molar refractivity (Wildman–Crippen MR) is 75.0 cm³/mol. The van der Waals surface area contributed by atoms with Crippen molar-refractivity contribution in [3.05, 3.63) is 17.7 Å². The molecule has 1 fully saturated rings. The van der Waals surface area contributed by atoms with Gasteiger partial charge in [-0.15, -0.1) is 0 Å². The first-order valence-electron chi connectivity index (χ1n) is 7.34. The van der Waals surface area contributed by atoms with Crippen LogP contribution in [0.25, 0.3) is 0 Å². The number of hydrogen-bond donors (Lipinski definition) is 0. The average Bonchev–Trinajstić information content (AvgIpc) is 2.77. The van der Waals surface area contributed by atoms with E-state index in [1.54, 1.807) is 0 Å². The van der Waals surface area contributed by atoms with Gasteiger partial charge in [-0.05, 0) is 39.0 Å². The quantitative estimate of drug-likeness (QED) is 0.836. The molecule has 1 saturated heterocycles. The molecule has 4 nitrogen and oxygen atoms in total. The summed E-state index contributed by atoms with van der Waals surface area (Å²) in [6.07, 6.45) is 8.69. The van der Waals surface area contributed by atoms with Crippen molar-refractivity contribution >= 4 is 9.84 Å². The Bertz CT molecular complexity index is 562. The summed E-state index contributed by atoms with van der Waals surface area (Å²) in [5, 5.41) is -0.207. The normalized spacial score (nSPS) is 29.9. The topological polar surface area (TPSA) is 52.0 Å². The number of imidazole rings is 1. The molecule has 2 atom stereocenters. The molecule has 0 N–H and O–H groups in total. The van der Waals surface area contributed by atoms with E-state index in [4.69, 9.17) is 0 Å². The minimum absolute atomic E-state index is 0.207. The van der Waals surface area contributed by atoms with E-state index in [0.717, 1.165) is 31.5 Å². The first kappa shape index (κ1) is 13.2. The molecule has 0 aliphatic carbocycles. The molecule has 1 aromatic rings. The lowest BCUT2D eigenvalue weighted by molar-refractivity contribution is 0.414. The molecule has 1 aromatic heterocycles. The molecule has 0 amide bonds. The van der Waals surface area contributed by atoms with Crippen LogP contribution in [0.1, 0.15) is 56.6 Å². The van der Waals surface area contributed by atoms with Crippen molar-refractivity contribution in [3.63, 3.8) is 0 Å². The molecule has 19 heavy (non-hydrogen) atoms. The summed E-state index contributed by atoms with van der Waals surface area (Å²) in [4.78, 5) is 4.51. The largest absolute Gasteiger partial charge is 0.329 e. The highest BCUT2D eigenvalue weighted by atomic mass is 32.2. The number of nitrogens with zero attached hydrogens (tertiary/aromatic N) is 2. The Morgan fingerprint density at radius 2 is 2.16 bits per heavy atom. The molecule has 0 aromatic carbocycles. The molecule has 5 heteroatoms. The monoisotopic (exact) mass is 282 g/mol. The molecule has 3 heterocycles. The van der Waals surface area contributed by atoms with E-state index in [0.29, 0.717) is 18.2 Å². The zero-order valence-corrected chi connectivity index (χ0v) is 12.3. The highest BCUT2D eigenvalue weighted by Gasteiger charge is 2.31. The maximum atomic E-state index is 12.1. The van der Waals surface area contributed by atoms with Gasteiger partial charge in [0.1, 0.15) is 5.82 Å². The maximum absolute atomic E-state index is 12.1. The van der Waals surface area contributed by atoms with Gasteiger partial charge >= 0.3 is 0 Å². The van der Waals surface area contributed by atoms with Crippen molar-refractivity contribution < 1.29 is 8.42 Å². The van der Waals surface area contributed by atoms with Crippen molar-refractivity contribution in [1.29, 1.82) is 0 Å². The first-order valence-corrected chi connectivity index (χ1v) is 9.06. The van der Waals surface area contributed by atoms with Crippen LogP contribution in [0.3, 0.4) is 0 Å². The van der Waals surface area contributed by atoms with Gasteiger partial charge in [-0.25, -0.2) is 13.4 Å². The number of fused-ring (bicyclic) bond motifs is 1. The first-order chi connectivity index (χ1) is 9.08. The van der Waals surface area contributed by atoms with Crippen LogP contribution in [0.2, 0.25) is 0 Å². The van der Waals surface area contributed by atoms with E-state index in [9.17, 15) is 8.42 Å². The van der Waals surface area contributed by atoms with Crippen molar-refractivity contribution in [1.82, 2.24) is 9.55 Å². The van der Waals surface area contributed by atoms with Crippen molar-refractivity contribution in [2.75, 3.05) is 5.75 Å². The molecular formula is C14H22N2O2S. The third-order valence-corrected chi connectivity index (χ3v) is 6.84. The Morgan fingerprint density at radius 1 is 1.32 bits per heavy atom. The third-order valence-electron chi connectivity index (χ3n) is 4.57. The molecule has 106 valence electrons. The zero-order valence-electron chi connectivity index (χ0n) is 11.5. The van der Waals surface area contributed by atoms with Gasteiger partial charge < -0.3 is 4.57 Å². The van der Waals surface area contributed by atoms with Gasteiger partial charge in [0.15, 0.2) is 9.84 Å². The minimum atomic E-state index is -2.90. The molecule has 0 saturated carbocycles. The van der Waals surface area contributed by atoms with Crippen LogP contribution in [0.5, 0.6) is 0 Å². The molecule has 3 rings (SSSR count). The van der Waals surface area contributed by atoms with Gasteiger partial charge in [-0.1, -0.05) is 6.42 Å². The fourth-order valence-corrected chi connectivity index (χ4v) is 5.34. The van der Waals surface area contributed by atoms with Crippen LogP contribution in [-0.2, 0) is 22.7 Å². The summed E-state index contributed by atoms with van der Waals surface area (Å²) in [5.41, 5.74) is 1.28. The molecule has 0 spiro atoms. The number of hydrogen-bond acceptors (Lipinski definition) is 3. The van der Waals surface area contributed by atoms with E-state index in [1.165, 1.54) is 18.5 Å². The predicted octanol–water partition coefficient (Wildman–Crippen LogP) is 2.29. The van der Waals surface area contributed by atoms with E-state index >= 15 is 0 Å². The highest BCUT2D eigenvalue weighted by Crippen LogP contribution is 2.29. The van der Waals surface area contributed by atoms with Gasteiger partial charge in [0.2, 0.25) is 0 Å². The van der Waals surface area contributed by atoms with Crippen LogP contribution >= 0.6 is 0 Å². The van der Waals surface area contributed by atoms with E-state index in [1.807, 2.05) is 6.20 Å². The van der Waals surface area contributed by atoms with E-state index < -0.39 is 9.84 Å². The summed E-state index contributed by atoms with van der Waals surface area (Å²) < 4.78 is 26.5. The second-order valence-electron chi connectivity index (χ2n) is 5.97. The van der Waals surface area contributed by atoms with E-state index in [-0.39, 0.29) is 5.25 Å². The lowest BCUT2D eigenvalue weighted by Crippen LogP contribution is -2.32. The number of aryl methyl sites for hydroxylation is 1. The standard InChI is InChI=1S/C14H22N2O2S/c1-11-5-4-6-12-10-15-14(16(11)12)9-13-7-2-3-8-19(13,17)18/h10-11,13H,2-9H2,1H3. The molecule has 2 aliphatic rings. The molecule has 0 bridgehead atoms. The highest BCUT2D eigenvalue weighted by molar-refractivity contribution is 7.92. The summed E-state index contributed by atoms with van der Waals surface area (Å²) in [6.45, 7) is 2.21. The summed E-state index contributed by atoms with van der Waals surface area (Å²) >= 11 is 0. The van der Waals surface area contributed by atoms with E-state index in [2.05, 4.69) is 16.5 Å². The molecule has 2 unspecified atom stereocenters. The average molecular weight is 282 g/mol. The van der Waals surface area contributed by atoms with Crippen molar-refractivity contribution in [2.24, 2.45) is 0 Å². The Morgan fingerprint density at radius 3 is 2.95 bits per heavy atom. The van der Waals surface area contributed by atoms with Crippen LogP contribution in [-0.4, -0.2) is 29.0 Å². The summed E-state index contributed by atoms with van der Waals surface area (Å²) in [5.74, 6) is 1.35. The van der Waals surface area contributed by atoms with Gasteiger partial charge in [-0.2, -0.15) is 0 Å². The molecule has 0 radical (unpaired) electrons. The third kappa shape index (κ3) is 2.45. The van der Waals surface area contributed by atoms with Gasteiger partial charge in [0, 0.05) is 24.4 Å². The van der Waals surface area contributed by atoms with Crippen molar-refractivity contribution in [3.8, 4) is 0 Å². The summed E-state index contributed by atoms with van der Waals surface area (Å²) in [6, 6.07) is 0.465. The number of sulfone groups is 1. The summed E-state index contributed by atoms with van der Waals surface area (Å²) in [7, 11) is -2.90. The second-order valence-corrected chi connectivity index (χ2v) is 8.37. The lowest BCUT2D eigenvalue weighted by Gasteiger charge is -2.26. The molecule has 2 aliphatic heterocycles. The van der Waals surface area contributed by atoms with Gasteiger partial charge in [0.25, 0.3) is 0 Å². The van der Waals surface area contributed by atoms with Gasteiger partial charge in [0.05, 0.1) is 11.0 Å². The second kappa shape index (κ2) is 4.93. The van der Waals surface area contributed by atoms with Crippen LogP contribution in [0.15, 0.2) is 6.20 Å². The number of aromatic nitrogens is 2. The number of rotatable bonds is 2. The smallest absolute Gasteiger partial charge is 0.153 e. The van der Waals surface area contributed by atoms with Crippen LogP contribution < -0.4 is 0 Å². The fourth-order valence-electron chi connectivity index (χ4n) is 3.47. The zero-order chi connectivity index (χ0) is 13.5. The Labute approximate surface area is 115 Å². The lowest BCUT2D eigenvalue weighted by atomic mass is 10.0. The van der Waals surface area contributed by atoms with Crippen LogP contribution in [0.4, 0.5) is 0 Å². The Balaban J connectivity index is 1.86. The maximum Gasteiger partial charge on any atom is 0.153 e. The van der Waals surface area contributed by atoms with Crippen LogP contribution in [0, 0.1) is 0 Å². The SMILES string of the molecule is CC1CCCc2cnc(CC3CCCCS3(=O)=O)n21. The minimum Gasteiger partial charge on any atom is -0.329 e. The Kier molecular flexibility index (Phi) is 3.41. The van der Waals surface area contributed by atoms with Gasteiger partial charge in [-0.3, -0.25) is 0 Å². The molecular weight excluding hydrogens is 260 g/mol.